The van der Waals surface area contributed by atoms with Gasteiger partial charge in [-0.3, -0.25) is 0 Å². The van der Waals surface area contributed by atoms with Crippen LogP contribution in [0, 0.1) is 5.92 Å². The molecule has 0 aromatic carbocycles. The second-order valence-electron chi connectivity index (χ2n) is 5.48. The summed E-state index contributed by atoms with van der Waals surface area (Å²) in [5, 5.41) is 0. The number of nitrogens with zero attached hydrogens (tertiary/aromatic N) is 2. The lowest BCUT2D eigenvalue weighted by molar-refractivity contribution is 0.300. The molecule has 2 rings (SSSR count). The van der Waals surface area contributed by atoms with Gasteiger partial charge in [-0.15, -0.1) is 12.4 Å². The predicted molar refractivity (Wildman–Crippen MR) is 79.5 cm³/mol. The van der Waals surface area contributed by atoms with Gasteiger partial charge in [0.15, 0.2) is 0 Å². The van der Waals surface area contributed by atoms with Crippen LogP contribution in [0.4, 0.5) is 0 Å². The summed E-state index contributed by atoms with van der Waals surface area (Å²) in [6.07, 6.45) is 6.45. The van der Waals surface area contributed by atoms with E-state index in [1.807, 2.05) is 0 Å². The van der Waals surface area contributed by atoms with E-state index in [-0.39, 0.29) is 18.4 Å². The summed E-state index contributed by atoms with van der Waals surface area (Å²) in [4.78, 5) is 0. The van der Waals surface area contributed by atoms with Crippen molar-refractivity contribution in [1.29, 1.82) is 0 Å². The van der Waals surface area contributed by atoms with Crippen molar-refractivity contribution in [3.8, 4) is 0 Å². The Bertz CT molecular complexity index is 365. The van der Waals surface area contributed by atoms with Crippen LogP contribution in [0.1, 0.15) is 38.5 Å². The van der Waals surface area contributed by atoms with Gasteiger partial charge in [-0.1, -0.05) is 12.8 Å². The first kappa shape index (κ1) is 17.2. The zero-order valence-electron chi connectivity index (χ0n) is 11.6. The Morgan fingerprint density at radius 1 is 1.21 bits per heavy atom. The van der Waals surface area contributed by atoms with Crippen LogP contribution in [0.3, 0.4) is 0 Å². The van der Waals surface area contributed by atoms with Crippen molar-refractivity contribution in [1.82, 2.24) is 8.61 Å². The Hall–Kier alpha value is 0.120. The van der Waals surface area contributed by atoms with Crippen LogP contribution in [0.15, 0.2) is 0 Å². The fourth-order valence-corrected chi connectivity index (χ4v) is 4.43. The third kappa shape index (κ3) is 4.04. The van der Waals surface area contributed by atoms with Gasteiger partial charge in [0, 0.05) is 32.7 Å². The molecule has 114 valence electrons. The average molecular weight is 312 g/mol. The highest BCUT2D eigenvalue weighted by atomic mass is 35.5. The molecule has 1 aliphatic heterocycles. The lowest BCUT2D eigenvalue weighted by atomic mass is 10.2. The van der Waals surface area contributed by atoms with Crippen LogP contribution < -0.4 is 5.73 Å². The van der Waals surface area contributed by atoms with Crippen molar-refractivity contribution in [2.45, 2.75) is 44.6 Å². The van der Waals surface area contributed by atoms with E-state index in [4.69, 9.17) is 5.73 Å². The molecule has 0 radical (unpaired) electrons. The number of hydrogen-bond donors (Lipinski definition) is 1. The Labute approximate surface area is 123 Å². The van der Waals surface area contributed by atoms with Crippen LogP contribution in [-0.4, -0.2) is 49.8 Å². The van der Waals surface area contributed by atoms with Gasteiger partial charge in [0.2, 0.25) is 0 Å². The van der Waals surface area contributed by atoms with Gasteiger partial charge >= 0.3 is 0 Å². The molecule has 1 saturated heterocycles. The number of likely N-dealkylation sites (N-methyl/N-ethyl adjacent to an activating group) is 1. The molecule has 0 amide bonds. The van der Waals surface area contributed by atoms with Gasteiger partial charge in [-0.2, -0.15) is 17.0 Å². The second-order valence-corrected chi connectivity index (χ2v) is 7.47. The minimum Gasteiger partial charge on any atom is -0.329 e. The average Bonchev–Trinajstić information content (AvgIpc) is 3.16. The first-order valence-electron chi connectivity index (χ1n) is 7.00. The van der Waals surface area contributed by atoms with Crippen molar-refractivity contribution in [3.63, 3.8) is 0 Å². The summed E-state index contributed by atoms with van der Waals surface area (Å²) in [6.45, 7) is 1.75. The zero-order chi connectivity index (χ0) is 13.2. The summed E-state index contributed by atoms with van der Waals surface area (Å²) >= 11 is 0. The molecule has 1 aliphatic carbocycles. The molecule has 7 heteroatoms. The van der Waals surface area contributed by atoms with E-state index in [1.165, 1.54) is 4.31 Å². The van der Waals surface area contributed by atoms with Crippen molar-refractivity contribution in [3.05, 3.63) is 0 Å². The molecule has 0 aromatic rings. The second kappa shape index (κ2) is 7.22. The Morgan fingerprint density at radius 2 is 1.74 bits per heavy atom. The van der Waals surface area contributed by atoms with Gasteiger partial charge in [0.25, 0.3) is 10.2 Å². The molecular weight excluding hydrogens is 286 g/mol. The third-order valence-electron chi connectivity index (χ3n) is 4.13. The van der Waals surface area contributed by atoms with E-state index in [1.54, 1.807) is 11.4 Å². The van der Waals surface area contributed by atoms with Crippen LogP contribution in [0.2, 0.25) is 0 Å². The Balaban J connectivity index is 0.00000180. The van der Waals surface area contributed by atoms with E-state index in [0.717, 1.165) is 38.5 Å². The molecule has 1 atom stereocenters. The lowest BCUT2D eigenvalue weighted by Gasteiger charge is -2.31. The highest BCUT2D eigenvalue weighted by molar-refractivity contribution is 7.86. The number of halogens is 1. The van der Waals surface area contributed by atoms with Crippen LogP contribution in [-0.2, 0) is 10.2 Å². The van der Waals surface area contributed by atoms with Crippen molar-refractivity contribution in [2.24, 2.45) is 11.7 Å². The van der Waals surface area contributed by atoms with E-state index < -0.39 is 10.2 Å². The number of rotatable bonds is 5. The summed E-state index contributed by atoms with van der Waals surface area (Å²) < 4.78 is 28.3. The standard InChI is InChI=1S/C12H25N3O2S.ClH/c1-14(12(10-13)11-6-7-11)18(16,17)15-8-4-2-3-5-9-15;/h11-12H,2-10,13H2,1H3;1H. The molecule has 2 fully saturated rings. The smallest absolute Gasteiger partial charge is 0.282 e. The van der Waals surface area contributed by atoms with Gasteiger partial charge < -0.3 is 5.73 Å². The zero-order valence-corrected chi connectivity index (χ0v) is 13.3. The van der Waals surface area contributed by atoms with E-state index in [9.17, 15) is 8.42 Å². The predicted octanol–water partition coefficient (Wildman–Crippen LogP) is 1.20. The monoisotopic (exact) mass is 311 g/mol. The maximum atomic E-state index is 12.6. The Kier molecular flexibility index (Phi) is 6.53. The van der Waals surface area contributed by atoms with Crippen LogP contribution >= 0.6 is 12.4 Å². The summed E-state index contributed by atoms with van der Waals surface area (Å²) in [6, 6.07) is -0.0155. The molecule has 2 aliphatic rings. The molecule has 2 N–H and O–H groups in total. The third-order valence-corrected chi connectivity index (χ3v) is 6.15. The summed E-state index contributed by atoms with van der Waals surface area (Å²) in [5.74, 6) is 0.474. The fourth-order valence-electron chi connectivity index (χ4n) is 2.74. The van der Waals surface area contributed by atoms with Crippen molar-refractivity contribution < 1.29 is 8.42 Å². The molecule has 1 heterocycles. The maximum Gasteiger partial charge on any atom is 0.282 e. The van der Waals surface area contributed by atoms with E-state index in [2.05, 4.69) is 0 Å². The molecule has 1 unspecified atom stereocenters. The molecule has 0 aromatic heterocycles. The normalized spacial score (nSPS) is 23.7. The lowest BCUT2D eigenvalue weighted by Crippen LogP contribution is -2.50. The number of hydrogen-bond acceptors (Lipinski definition) is 3. The van der Waals surface area contributed by atoms with Gasteiger partial charge in [-0.05, 0) is 31.6 Å². The SMILES string of the molecule is CN(C(CN)C1CC1)S(=O)(=O)N1CCCCCC1.Cl. The van der Waals surface area contributed by atoms with Gasteiger partial charge in [0.05, 0.1) is 0 Å². The molecule has 5 nitrogen and oxygen atoms in total. The molecule has 0 bridgehead atoms. The molecule has 0 spiro atoms. The first-order valence-corrected chi connectivity index (χ1v) is 8.40. The quantitative estimate of drug-likeness (QED) is 0.829. The van der Waals surface area contributed by atoms with E-state index >= 15 is 0 Å². The van der Waals surface area contributed by atoms with E-state index in [0.29, 0.717) is 25.6 Å². The minimum atomic E-state index is -3.32. The van der Waals surface area contributed by atoms with Crippen LogP contribution in [0.25, 0.3) is 0 Å². The highest BCUT2D eigenvalue weighted by Crippen LogP contribution is 2.35. The number of nitrogens with two attached hydrogens (primary N) is 1. The topological polar surface area (TPSA) is 66.6 Å². The van der Waals surface area contributed by atoms with Crippen molar-refractivity contribution in [2.75, 3.05) is 26.7 Å². The maximum absolute atomic E-state index is 12.6. The fraction of sp³-hybridized carbons (Fsp3) is 1.00. The largest absolute Gasteiger partial charge is 0.329 e. The highest BCUT2D eigenvalue weighted by Gasteiger charge is 2.39. The molecule has 19 heavy (non-hydrogen) atoms. The summed E-state index contributed by atoms with van der Waals surface area (Å²) in [7, 11) is -1.62. The molecular formula is C12H26ClN3O2S. The van der Waals surface area contributed by atoms with Gasteiger partial charge in [-0.25, -0.2) is 0 Å². The Morgan fingerprint density at radius 3 is 2.16 bits per heavy atom. The van der Waals surface area contributed by atoms with Gasteiger partial charge in [0.1, 0.15) is 0 Å². The van der Waals surface area contributed by atoms with Crippen LogP contribution in [0.5, 0.6) is 0 Å². The summed E-state index contributed by atoms with van der Waals surface area (Å²) in [5.41, 5.74) is 5.75. The minimum absolute atomic E-state index is 0. The molecule has 1 saturated carbocycles. The first-order chi connectivity index (χ1) is 8.57. The van der Waals surface area contributed by atoms with Crippen molar-refractivity contribution >= 4 is 22.6 Å².